The molecular weight excluding hydrogens is 482 g/mol. The number of alkyl halides is 7. The highest BCUT2D eigenvalue weighted by atomic mass is 19.4. The molecule has 35 heavy (non-hydrogen) atoms. The number of benzene rings is 2. The Morgan fingerprint density at radius 3 is 2.29 bits per heavy atom. The van der Waals surface area contributed by atoms with Crippen molar-refractivity contribution in [2.45, 2.75) is 68.5 Å². The van der Waals surface area contributed by atoms with Crippen LogP contribution in [0.15, 0.2) is 42.5 Å². The minimum atomic E-state index is -5.13. The van der Waals surface area contributed by atoms with E-state index in [1.54, 1.807) is 0 Å². The van der Waals surface area contributed by atoms with Gasteiger partial charge in [-0.1, -0.05) is 30.3 Å². The molecule has 0 bridgehead atoms. The first kappa shape index (κ1) is 25.4. The molecule has 0 aromatic heterocycles. The molecule has 0 saturated carbocycles. The predicted octanol–water partition coefficient (Wildman–Crippen LogP) is 6.55. The Hall–Kier alpha value is -2.65. The van der Waals surface area contributed by atoms with Gasteiger partial charge in [-0.05, 0) is 67.0 Å². The number of likely N-dealkylation sites (tertiary alicyclic amines) is 1. The summed E-state index contributed by atoms with van der Waals surface area (Å²) in [4.78, 5) is 13.8. The Balaban J connectivity index is 1.78. The largest absolute Gasteiger partial charge is 0.426 e. The van der Waals surface area contributed by atoms with Crippen molar-refractivity contribution in [3.05, 3.63) is 70.5 Å². The van der Waals surface area contributed by atoms with Crippen molar-refractivity contribution in [2.75, 3.05) is 6.54 Å². The summed E-state index contributed by atoms with van der Waals surface area (Å²) in [5.41, 5.74) is -3.30. The van der Waals surface area contributed by atoms with Crippen molar-refractivity contribution >= 4 is 5.91 Å². The molecular formula is C25H23F8NO. The number of halogens is 8. The van der Waals surface area contributed by atoms with Crippen LogP contribution in [-0.2, 0) is 28.7 Å². The summed E-state index contributed by atoms with van der Waals surface area (Å²) in [6.07, 6.45) is -10.5. The lowest BCUT2D eigenvalue weighted by molar-refractivity contribution is -0.228. The summed E-state index contributed by atoms with van der Waals surface area (Å²) in [5.74, 6) is -1.53. The molecule has 2 aromatic rings. The van der Waals surface area contributed by atoms with Gasteiger partial charge >= 0.3 is 12.4 Å². The fourth-order valence-corrected chi connectivity index (χ4v) is 5.56. The standard InChI is InChI=1S/C25H23F8NO/c1-22(27,25(31,32)33)17-5-8-19-16(12-17)4-9-20-23(19,13-15-2-6-18(26)7-3-15)10-11-34(20)21(35)14-24(28,29)30/h2-3,5-8,12,20H,4,9-11,13-14H2,1H3/t20-,22?,23-/m1/s1. The monoisotopic (exact) mass is 505 g/mol. The zero-order valence-corrected chi connectivity index (χ0v) is 18.7. The number of nitrogens with zero attached hydrogens (tertiary/aromatic N) is 1. The molecule has 3 atom stereocenters. The quantitative estimate of drug-likeness (QED) is 0.432. The summed E-state index contributed by atoms with van der Waals surface area (Å²) < 4.78 is 107. The van der Waals surface area contributed by atoms with Crippen LogP contribution in [0.25, 0.3) is 0 Å². The van der Waals surface area contributed by atoms with E-state index in [0.717, 1.165) is 6.07 Å². The number of carbonyl (C=O) groups is 1. The van der Waals surface area contributed by atoms with Crippen molar-refractivity contribution in [3.63, 3.8) is 0 Å². The first-order chi connectivity index (χ1) is 16.1. The molecule has 190 valence electrons. The number of hydrogen-bond acceptors (Lipinski definition) is 1. The summed E-state index contributed by atoms with van der Waals surface area (Å²) in [5, 5.41) is 0. The molecule has 0 radical (unpaired) electrons. The van der Waals surface area contributed by atoms with Crippen LogP contribution in [0, 0.1) is 5.82 Å². The molecule has 4 rings (SSSR count). The maximum atomic E-state index is 14.7. The number of fused-ring (bicyclic) bond motifs is 3. The Bertz CT molecular complexity index is 1110. The van der Waals surface area contributed by atoms with E-state index in [9.17, 15) is 39.9 Å². The van der Waals surface area contributed by atoms with Gasteiger partial charge in [0.1, 0.15) is 12.2 Å². The minimum absolute atomic E-state index is 0.0470. The maximum absolute atomic E-state index is 14.7. The summed E-state index contributed by atoms with van der Waals surface area (Å²) >= 11 is 0. The zero-order chi connectivity index (χ0) is 25.8. The van der Waals surface area contributed by atoms with Gasteiger partial charge in [-0.15, -0.1) is 0 Å². The molecule has 1 aliphatic heterocycles. The molecule has 1 unspecified atom stereocenters. The highest BCUT2D eigenvalue weighted by Crippen LogP contribution is 2.51. The SMILES string of the molecule is CC(F)(c1ccc2c(c1)CC[C@H]1N(C(=O)CC(F)(F)F)CC[C@@]21Cc1ccc(F)cc1)C(F)(F)F. The number of rotatable bonds is 4. The Labute approximate surface area is 196 Å². The van der Waals surface area contributed by atoms with Gasteiger partial charge in [0.25, 0.3) is 0 Å². The number of amides is 1. The third kappa shape index (κ3) is 4.63. The Morgan fingerprint density at radius 1 is 1.03 bits per heavy atom. The highest BCUT2D eigenvalue weighted by Gasteiger charge is 2.56. The van der Waals surface area contributed by atoms with E-state index in [2.05, 4.69) is 0 Å². The van der Waals surface area contributed by atoms with Gasteiger partial charge in [0.15, 0.2) is 0 Å². The van der Waals surface area contributed by atoms with Gasteiger partial charge < -0.3 is 4.90 Å². The predicted molar refractivity (Wildman–Crippen MR) is 112 cm³/mol. The molecule has 1 heterocycles. The molecule has 1 fully saturated rings. The molecule has 0 spiro atoms. The highest BCUT2D eigenvalue weighted by molar-refractivity contribution is 5.78. The maximum Gasteiger partial charge on any atom is 0.426 e. The molecule has 0 N–H and O–H groups in total. The topological polar surface area (TPSA) is 20.3 Å². The number of carbonyl (C=O) groups excluding carboxylic acids is 1. The van der Waals surface area contributed by atoms with Gasteiger partial charge in [-0.25, -0.2) is 8.78 Å². The van der Waals surface area contributed by atoms with E-state index in [1.165, 1.54) is 41.3 Å². The van der Waals surface area contributed by atoms with Gasteiger partial charge in [0.2, 0.25) is 11.6 Å². The van der Waals surface area contributed by atoms with Gasteiger partial charge in [0, 0.05) is 18.0 Å². The van der Waals surface area contributed by atoms with Crippen LogP contribution in [-0.4, -0.2) is 35.7 Å². The Kier molecular flexibility index (Phi) is 6.17. The lowest BCUT2D eigenvalue weighted by Crippen LogP contribution is -2.50. The second-order valence-corrected chi connectivity index (χ2v) is 9.52. The summed E-state index contributed by atoms with van der Waals surface area (Å²) in [7, 11) is 0. The van der Waals surface area contributed by atoms with Crippen molar-refractivity contribution in [3.8, 4) is 0 Å². The third-order valence-electron chi connectivity index (χ3n) is 7.32. The second kappa shape index (κ2) is 8.48. The van der Waals surface area contributed by atoms with E-state index in [4.69, 9.17) is 0 Å². The van der Waals surface area contributed by atoms with Crippen LogP contribution in [0.3, 0.4) is 0 Å². The molecule has 1 amide bonds. The normalized spacial score (nSPS) is 24.0. The number of hydrogen-bond donors (Lipinski definition) is 0. The van der Waals surface area contributed by atoms with Crippen LogP contribution in [0.2, 0.25) is 0 Å². The Morgan fingerprint density at radius 2 is 1.69 bits per heavy atom. The fraction of sp³-hybridized carbons (Fsp3) is 0.480. The van der Waals surface area contributed by atoms with Gasteiger partial charge in [0.05, 0.1) is 0 Å². The lowest BCUT2D eigenvalue weighted by Gasteiger charge is -2.44. The van der Waals surface area contributed by atoms with Crippen molar-refractivity contribution < 1.29 is 39.9 Å². The van der Waals surface area contributed by atoms with E-state index in [0.29, 0.717) is 23.6 Å². The fourth-order valence-electron chi connectivity index (χ4n) is 5.56. The van der Waals surface area contributed by atoms with E-state index >= 15 is 0 Å². The third-order valence-corrected chi connectivity index (χ3v) is 7.32. The van der Waals surface area contributed by atoms with Crippen LogP contribution in [0.1, 0.15) is 48.4 Å². The zero-order valence-electron chi connectivity index (χ0n) is 18.7. The molecule has 2 aromatic carbocycles. The molecule has 1 saturated heterocycles. The second-order valence-electron chi connectivity index (χ2n) is 9.52. The summed E-state index contributed by atoms with van der Waals surface area (Å²) in [6.45, 7) is 0.493. The van der Waals surface area contributed by atoms with Crippen molar-refractivity contribution in [1.82, 2.24) is 4.90 Å². The first-order valence-corrected chi connectivity index (χ1v) is 11.1. The smallest absolute Gasteiger partial charge is 0.338 e. The molecule has 2 aliphatic rings. The van der Waals surface area contributed by atoms with Gasteiger partial charge in [-0.2, -0.15) is 26.3 Å². The first-order valence-electron chi connectivity index (χ1n) is 11.1. The lowest BCUT2D eigenvalue weighted by atomic mass is 9.63. The average Bonchev–Trinajstić information content (AvgIpc) is 3.12. The van der Waals surface area contributed by atoms with E-state index in [-0.39, 0.29) is 32.2 Å². The number of aryl methyl sites for hydroxylation is 1. The van der Waals surface area contributed by atoms with Crippen LogP contribution in [0.4, 0.5) is 35.1 Å². The van der Waals surface area contributed by atoms with E-state index in [1.807, 2.05) is 0 Å². The van der Waals surface area contributed by atoms with Crippen LogP contribution >= 0.6 is 0 Å². The molecule has 2 nitrogen and oxygen atoms in total. The van der Waals surface area contributed by atoms with Gasteiger partial charge in [-0.3, -0.25) is 4.79 Å². The molecule has 10 heteroatoms. The minimum Gasteiger partial charge on any atom is -0.338 e. The summed E-state index contributed by atoms with van der Waals surface area (Å²) in [6, 6.07) is 8.56. The van der Waals surface area contributed by atoms with Crippen LogP contribution in [0.5, 0.6) is 0 Å². The average molecular weight is 505 g/mol. The molecule has 1 aliphatic carbocycles. The van der Waals surface area contributed by atoms with E-state index < -0.39 is 53.2 Å². The van der Waals surface area contributed by atoms with Crippen LogP contribution < -0.4 is 0 Å². The van der Waals surface area contributed by atoms with Crippen molar-refractivity contribution in [2.24, 2.45) is 0 Å². The van der Waals surface area contributed by atoms with Crippen molar-refractivity contribution in [1.29, 1.82) is 0 Å².